The third kappa shape index (κ3) is 4.55. The number of carbonyl (C=O) groups is 2. The maximum Gasteiger partial charge on any atom is 0.262 e. The summed E-state index contributed by atoms with van der Waals surface area (Å²) in [6.45, 7) is 2.53. The molecule has 4 aromatic rings. The normalized spacial score (nSPS) is 12.3. The largest absolute Gasteiger partial charge is 0.496 e. The summed E-state index contributed by atoms with van der Waals surface area (Å²) >= 11 is 1.61. The van der Waals surface area contributed by atoms with E-state index in [2.05, 4.69) is 10.3 Å². The van der Waals surface area contributed by atoms with Crippen LogP contribution in [0.2, 0.25) is 0 Å². The minimum atomic E-state index is -0.151. The fourth-order valence-corrected chi connectivity index (χ4v) is 5.17. The van der Waals surface area contributed by atoms with E-state index in [0.29, 0.717) is 23.5 Å². The first-order valence-corrected chi connectivity index (χ1v) is 12.3. The molecule has 0 spiro atoms. The van der Waals surface area contributed by atoms with E-state index >= 15 is 0 Å². The van der Waals surface area contributed by atoms with E-state index in [0.717, 1.165) is 34.5 Å². The highest BCUT2D eigenvalue weighted by atomic mass is 32.1. The molecule has 1 aliphatic heterocycles. The third-order valence-corrected chi connectivity index (χ3v) is 7.12. The number of hydrogen-bond donors (Lipinski definition) is 1. The standard InChI is InChI=1S/C28H25N3O3S/c1-18-7-3-4-8-19(18)15-26(32)30-20-11-12-22(24(16-20)34-2)28(33)31-14-13-25-27(29-17-35-25)21-9-5-6-10-23(21)31/h3-12,16-17H,13-15H2,1-2H3,(H,30,32). The van der Waals surface area contributed by atoms with Gasteiger partial charge in [-0.05, 0) is 36.2 Å². The smallest absolute Gasteiger partial charge is 0.262 e. The van der Waals surface area contributed by atoms with Crippen LogP contribution in [0.3, 0.4) is 0 Å². The molecule has 0 bridgehead atoms. The molecular formula is C28H25N3O3S. The summed E-state index contributed by atoms with van der Waals surface area (Å²) in [7, 11) is 1.53. The van der Waals surface area contributed by atoms with Crippen LogP contribution in [0.1, 0.15) is 26.4 Å². The number of rotatable bonds is 5. The molecule has 0 radical (unpaired) electrons. The van der Waals surface area contributed by atoms with Gasteiger partial charge in [0.05, 0.1) is 36.0 Å². The number of methoxy groups -OCH3 is 1. The minimum absolute atomic E-state index is 0.125. The highest BCUT2D eigenvalue weighted by Gasteiger charge is 2.28. The predicted octanol–water partition coefficient (Wildman–Crippen LogP) is 5.51. The molecule has 176 valence electrons. The molecule has 0 unspecified atom stereocenters. The number of para-hydroxylation sites is 1. The Morgan fingerprint density at radius 1 is 1.09 bits per heavy atom. The van der Waals surface area contributed by atoms with Gasteiger partial charge in [0.1, 0.15) is 5.75 Å². The molecule has 35 heavy (non-hydrogen) atoms. The number of nitrogens with zero attached hydrogens (tertiary/aromatic N) is 2. The van der Waals surface area contributed by atoms with Crippen molar-refractivity contribution in [2.24, 2.45) is 0 Å². The van der Waals surface area contributed by atoms with Gasteiger partial charge in [0.25, 0.3) is 5.91 Å². The molecule has 0 fully saturated rings. The van der Waals surface area contributed by atoms with Crippen LogP contribution in [-0.2, 0) is 17.6 Å². The van der Waals surface area contributed by atoms with E-state index in [4.69, 9.17) is 4.74 Å². The molecule has 2 amide bonds. The summed E-state index contributed by atoms with van der Waals surface area (Å²) in [5.74, 6) is 0.140. The summed E-state index contributed by atoms with van der Waals surface area (Å²) in [6.07, 6.45) is 1.01. The van der Waals surface area contributed by atoms with E-state index in [1.54, 1.807) is 34.4 Å². The number of fused-ring (bicyclic) bond motifs is 3. The minimum Gasteiger partial charge on any atom is -0.496 e. The Labute approximate surface area is 208 Å². The second-order valence-corrected chi connectivity index (χ2v) is 9.35. The van der Waals surface area contributed by atoms with Gasteiger partial charge in [-0.25, -0.2) is 4.98 Å². The van der Waals surface area contributed by atoms with Crippen molar-refractivity contribution in [2.75, 3.05) is 23.9 Å². The monoisotopic (exact) mass is 483 g/mol. The van der Waals surface area contributed by atoms with E-state index in [1.165, 1.54) is 12.0 Å². The molecule has 6 nitrogen and oxygen atoms in total. The zero-order valence-electron chi connectivity index (χ0n) is 19.6. The molecule has 1 aliphatic rings. The average Bonchev–Trinajstić information content (AvgIpc) is 3.28. The lowest BCUT2D eigenvalue weighted by atomic mass is 10.1. The van der Waals surface area contributed by atoms with Gasteiger partial charge in [0.2, 0.25) is 5.91 Å². The van der Waals surface area contributed by atoms with Gasteiger partial charge in [-0.2, -0.15) is 0 Å². The van der Waals surface area contributed by atoms with E-state index in [-0.39, 0.29) is 18.2 Å². The van der Waals surface area contributed by atoms with Crippen molar-refractivity contribution < 1.29 is 14.3 Å². The zero-order valence-corrected chi connectivity index (χ0v) is 20.4. The Morgan fingerprint density at radius 2 is 1.89 bits per heavy atom. The lowest BCUT2D eigenvalue weighted by Gasteiger charge is -2.24. The number of aromatic nitrogens is 1. The van der Waals surface area contributed by atoms with Gasteiger partial charge in [-0.1, -0.05) is 42.5 Å². The number of benzene rings is 3. The van der Waals surface area contributed by atoms with Crippen molar-refractivity contribution in [1.29, 1.82) is 0 Å². The fourth-order valence-electron chi connectivity index (χ4n) is 4.40. The van der Waals surface area contributed by atoms with Gasteiger partial charge in [-0.15, -0.1) is 11.3 Å². The summed E-state index contributed by atoms with van der Waals surface area (Å²) in [6, 6.07) is 20.8. The Balaban J connectivity index is 1.39. The van der Waals surface area contributed by atoms with Crippen LogP contribution in [0.15, 0.2) is 72.2 Å². The number of ether oxygens (including phenoxy) is 1. The van der Waals surface area contributed by atoms with Gasteiger partial charge in [0.15, 0.2) is 0 Å². The lowest BCUT2D eigenvalue weighted by molar-refractivity contribution is -0.115. The zero-order chi connectivity index (χ0) is 24.4. The molecular weight excluding hydrogens is 458 g/mol. The number of nitrogens with one attached hydrogen (secondary N) is 1. The van der Waals surface area contributed by atoms with Gasteiger partial charge in [0, 0.05) is 35.2 Å². The highest BCUT2D eigenvalue weighted by Crippen LogP contribution is 2.38. The van der Waals surface area contributed by atoms with Crippen LogP contribution < -0.4 is 15.0 Å². The number of carbonyl (C=O) groups excluding carboxylic acids is 2. The average molecular weight is 484 g/mol. The Hall–Kier alpha value is -3.97. The first-order chi connectivity index (χ1) is 17.0. The van der Waals surface area contributed by atoms with Crippen molar-refractivity contribution in [1.82, 2.24) is 4.98 Å². The van der Waals surface area contributed by atoms with Crippen molar-refractivity contribution in [3.8, 4) is 17.0 Å². The lowest BCUT2D eigenvalue weighted by Crippen LogP contribution is -2.32. The van der Waals surface area contributed by atoms with Crippen LogP contribution in [0.25, 0.3) is 11.3 Å². The molecule has 1 N–H and O–H groups in total. The number of anilines is 2. The van der Waals surface area contributed by atoms with Crippen molar-refractivity contribution in [2.45, 2.75) is 19.8 Å². The van der Waals surface area contributed by atoms with Crippen LogP contribution in [-0.4, -0.2) is 30.5 Å². The van der Waals surface area contributed by atoms with Crippen LogP contribution in [0.5, 0.6) is 5.75 Å². The first-order valence-electron chi connectivity index (χ1n) is 11.4. The Morgan fingerprint density at radius 3 is 2.71 bits per heavy atom. The van der Waals surface area contributed by atoms with E-state index in [9.17, 15) is 9.59 Å². The van der Waals surface area contributed by atoms with Gasteiger partial charge < -0.3 is 15.0 Å². The SMILES string of the molecule is COc1cc(NC(=O)Cc2ccccc2C)ccc1C(=O)N1CCc2scnc2-c2ccccc21. The second-order valence-electron chi connectivity index (χ2n) is 8.41. The molecule has 0 atom stereocenters. The maximum absolute atomic E-state index is 13.7. The molecule has 0 saturated carbocycles. The highest BCUT2D eigenvalue weighted by molar-refractivity contribution is 7.10. The Bertz CT molecular complexity index is 1410. The third-order valence-electron chi connectivity index (χ3n) is 6.23. The molecule has 0 aliphatic carbocycles. The number of amides is 2. The summed E-state index contributed by atoms with van der Waals surface area (Å²) in [5, 5.41) is 2.92. The second kappa shape index (κ2) is 9.72. The summed E-state index contributed by atoms with van der Waals surface area (Å²) < 4.78 is 5.57. The van der Waals surface area contributed by atoms with Gasteiger partial charge >= 0.3 is 0 Å². The summed E-state index contributed by atoms with van der Waals surface area (Å²) in [4.78, 5) is 33.9. The topological polar surface area (TPSA) is 71.5 Å². The van der Waals surface area contributed by atoms with Crippen LogP contribution >= 0.6 is 11.3 Å². The Kier molecular flexibility index (Phi) is 6.33. The van der Waals surface area contributed by atoms with Gasteiger partial charge in [-0.3, -0.25) is 9.59 Å². The van der Waals surface area contributed by atoms with Crippen molar-refractivity contribution >= 4 is 34.5 Å². The fraction of sp³-hybridized carbons (Fsp3) is 0.179. The van der Waals surface area contributed by atoms with Crippen LogP contribution in [0, 0.1) is 6.92 Å². The number of hydrogen-bond acceptors (Lipinski definition) is 5. The summed E-state index contributed by atoms with van der Waals surface area (Å²) in [5.41, 5.74) is 7.66. The van der Waals surface area contributed by atoms with Crippen molar-refractivity contribution in [3.05, 3.63) is 93.8 Å². The van der Waals surface area contributed by atoms with E-state index in [1.807, 2.05) is 61.0 Å². The van der Waals surface area contributed by atoms with E-state index < -0.39 is 0 Å². The quantitative estimate of drug-likeness (QED) is 0.406. The first kappa shape index (κ1) is 22.8. The predicted molar refractivity (Wildman–Crippen MR) is 139 cm³/mol. The molecule has 5 rings (SSSR count). The molecule has 3 aromatic carbocycles. The molecule has 1 aromatic heterocycles. The molecule has 2 heterocycles. The number of thiazole rings is 1. The molecule has 0 saturated heterocycles. The maximum atomic E-state index is 13.7. The molecule has 7 heteroatoms. The van der Waals surface area contributed by atoms with Crippen molar-refractivity contribution in [3.63, 3.8) is 0 Å². The van der Waals surface area contributed by atoms with Crippen LogP contribution in [0.4, 0.5) is 11.4 Å². The number of aryl methyl sites for hydroxylation is 1.